The minimum absolute atomic E-state index is 0.167. The van der Waals surface area contributed by atoms with Gasteiger partial charge in [0.2, 0.25) is 0 Å². The Bertz CT molecular complexity index is 397. The third kappa shape index (κ3) is 6.03. The lowest BCUT2D eigenvalue weighted by atomic mass is 10.2. The van der Waals surface area contributed by atoms with Crippen LogP contribution < -0.4 is 0 Å². The van der Waals surface area contributed by atoms with Gasteiger partial charge in [0.05, 0.1) is 13.2 Å². The van der Waals surface area contributed by atoms with E-state index in [1.807, 2.05) is 30.3 Å². The molecule has 1 aromatic rings. The second kappa shape index (κ2) is 8.73. The summed E-state index contributed by atoms with van der Waals surface area (Å²) in [6.07, 6.45) is 1.70. The molecule has 1 aromatic carbocycles. The Morgan fingerprint density at radius 2 is 1.61 bits per heavy atom. The summed E-state index contributed by atoms with van der Waals surface area (Å²) in [6.45, 7) is 0.334. The highest BCUT2D eigenvalue weighted by Crippen LogP contribution is 2.50. The van der Waals surface area contributed by atoms with Crippen molar-refractivity contribution in [1.82, 2.24) is 0 Å². The van der Waals surface area contributed by atoms with Crippen LogP contribution in [0.1, 0.15) is 5.56 Å². The van der Waals surface area contributed by atoms with Gasteiger partial charge in [0.15, 0.2) is 0 Å². The highest BCUT2D eigenvalue weighted by Gasteiger charge is 2.20. The SMILES string of the molecule is O=P(C=Cc1ccccc1)(OCCCl)OCCCl. The predicted octanol–water partition coefficient (Wildman–Crippen LogP) is 4.36. The van der Waals surface area contributed by atoms with E-state index >= 15 is 0 Å². The van der Waals surface area contributed by atoms with E-state index in [0.29, 0.717) is 0 Å². The maximum Gasteiger partial charge on any atom is 0.354 e. The van der Waals surface area contributed by atoms with Crippen molar-refractivity contribution in [2.45, 2.75) is 0 Å². The van der Waals surface area contributed by atoms with E-state index in [1.54, 1.807) is 6.08 Å². The molecule has 0 fully saturated rings. The largest absolute Gasteiger partial charge is 0.354 e. The summed E-state index contributed by atoms with van der Waals surface area (Å²) in [5.74, 6) is 1.95. The number of hydrogen-bond donors (Lipinski definition) is 0. The van der Waals surface area contributed by atoms with Gasteiger partial charge in [-0.3, -0.25) is 4.57 Å². The van der Waals surface area contributed by atoms with E-state index in [4.69, 9.17) is 32.2 Å². The van der Waals surface area contributed by atoms with Crippen LogP contribution in [0.5, 0.6) is 0 Å². The Morgan fingerprint density at radius 3 is 2.11 bits per heavy atom. The lowest BCUT2D eigenvalue weighted by Crippen LogP contribution is -1.99. The van der Waals surface area contributed by atoms with E-state index < -0.39 is 7.60 Å². The Labute approximate surface area is 117 Å². The molecular formula is C12H15Cl2O3P. The Kier molecular flexibility index (Phi) is 7.64. The van der Waals surface area contributed by atoms with E-state index in [0.717, 1.165) is 5.56 Å². The second-order valence-electron chi connectivity index (χ2n) is 3.31. The highest BCUT2D eigenvalue weighted by molar-refractivity contribution is 7.57. The van der Waals surface area contributed by atoms with Gasteiger partial charge in [0.25, 0.3) is 0 Å². The van der Waals surface area contributed by atoms with Crippen LogP contribution in [-0.4, -0.2) is 25.0 Å². The summed E-state index contributed by atoms with van der Waals surface area (Å²) in [5, 5.41) is 0. The standard InChI is InChI=1S/C12H15Cl2O3P/c13-7-9-16-18(15,17-10-8-14)11-6-12-4-2-1-3-5-12/h1-6,11H,7-10H2. The van der Waals surface area contributed by atoms with Crippen molar-refractivity contribution in [3.63, 3.8) is 0 Å². The van der Waals surface area contributed by atoms with Gasteiger partial charge in [-0.05, 0) is 11.6 Å². The molecule has 0 aliphatic rings. The summed E-state index contributed by atoms with van der Waals surface area (Å²) < 4.78 is 22.6. The maximum absolute atomic E-state index is 12.3. The monoisotopic (exact) mass is 308 g/mol. The normalized spacial score (nSPS) is 12.1. The fraction of sp³-hybridized carbons (Fsp3) is 0.333. The van der Waals surface area contributed by atoms with Crippen LogP contribution >= 0.6 is 30.8 Å². The minimum Gasteiger partial charge on any atom is -0.304 e. The van der Waals surface area contributed by atoms with Gasteiger partial charge in [0.1, 0.15) is 0 Å². The van der Waals surface area contributed by atoms with Crippen molar-refractivity contribution >= 4 is 36.9 Å². The van der Waals surface area contributed by atoms with Gasteiger partial charge in [-0.1, -0.05) is 30.3 Å². The molecule has 0 N–H and O–H groups in total. The summed E-state index contributed by atoms with van der Waals surface area (Å²) in [5.41, 5.74) is 0.918. The Hall–Kier alpha value is -0.310. The topological polar surface area (TPSA) is 35.5 Å². The molecule has 0 unspecified atom stereocenters. The predicted molar refractivity (Wildman–Crippen MR) is 76.4 cm³/mol. The lowest BCUT2D eigenvalue weighted by Gasteiger charge is -2.13. The van der Waals surface area contributed by atoms with Crippen molar-refractivity contribution in [1.29, 1.82) is 0 Å². The van der Waals surface area contributed by atoms with Crippen molar-refractivity contribution in [2.24, 2.45) is 0 Å². The molecule has 0 saturated carbocycles. The first-order valence-electron chi connectivity index (χ1n) is 5.45. The van der Waals surface area contributed by atoms with Gasteiger partial charge >= 0.3 is 7.60 Å². The molecule has 0 saturated heterocycles. The van der Waals surface area contributed by atoms with Crippen LogP contribution in [0.2, 0.25) is 0 Å². The number of rotatable bonds is 8. The summed E-state index contributed by atoms with van der Waals surface area (Å²) >= 11 is 11.0. The van der Waals surface area contributed by atoms with E-state index in [9.17, 15) is 4.57 Å². The molecule has 0 spiro atoms. The second-order valence-corrected chi connectivity index (χ2v) is 5.96. The third-order valence-corrected chi connectivity index (χ3v) is 3.85. The fourth-order valence-electron chi connectivity index (χ4n) is 1.19. The van der Waals surface area contributed by atoms with E-state index in [-0.39, 0.29) is 25.0 Å². The third-order valence-electron chi connectivity index (χ3n) is 1.95. The zero-order valence-corrected chi connectivity index (χ0v) is 12.2. The van der Waals surface area contributed by atoms with Crippen LogP contribution in [0.4, 0.5) is 0 Å². The first kappa shape index (κ1) is 15.7. The van der Waals surface area contributed by atoms with Gasteiger partial charge in [-0.25, -0.2) is 0 Å². The van der Waals surface area contributed by atoms with Crippen molar-refractivity contribution in [2.75, 3.05) is 25.0 Å². The molecule has 100 valence electrons. The number of hydrogen-bond acceptors (Lipinski definition) is 3. The summed E-state index contributed by atoms with van der Waals surface area (Å²) in [6, 6.07) is 9.48. The molecule has 0 amide bonds. The Morgan fingerprint density at radius 1 is 1.06 bits per heavy atom. The number of alkyl halides is 2. The van der Waals surface area contributed by atoms with Gasteiger partial charge in [-0.15, -0.1) is 23.2 Å². The summed E-state index contributed by atoms with van der Waals surface area (Å²) in [4.78, 5) is 0. The first-order chi connectivity index (χ1) is 8.70. The summed E-state index contributed by atoms with van der Waals surface area (Å²) in [7, 11) is -3.27. The Balaban J connectivity index is 2.71. The average Bonchev–Trinajstić information content (AvgIpc) is 2.42. The van der Waals surface area contributed by atoms with Crippen LogP contribution in [0.3, 0.4) is 0 Å². The van der Waals surface area contributed by atoms with E-state index in [2.05, 4.69) is 0 Å². The van der Waals surface area contributed by atoms with Crippen LogP contribution in [0, 0.1) is 0 Å². The number of halogens is 2. The molecule has 3 nitrogen and oxygen atoms in total. The van der Waals surface area contributed by atoms with Crippen molar-refractivity contribution in [3.05, 3.63) is 41.7 Å². The van der Waals surface area contributed by atoms with Crippen LogP contribution in [0.15, 0.2) is 36.1 Å². The zero-order chi connectivity index (χ0) is 13.3. The lowest BCUT2D eigenvalue weighted by molar-refractivity contribution is 0.231. The molecule has 0 atom stereocenters. The molecule has 18 heavy (non-hydrogen) atoms. The quantitative estimate of drug-likeness (QED) is 0.528. The molecule has 0 heterocycles. The molecule has 0 aliphatic carbocycles. The first-order valence-corrected chi connectivity index (χ1v) is 8.13. The molecule has 0 aliphatic heterocycles. The molecule has 0 aromatic heterocycles. The van der Waals surface area contributed by atoms with Crippen molar-refractivity contribution < 1.29 is 13.6 Å². The molecular weight excluding hydrogens is 294 g/mol. The van der Waals surface area contributed by atoms with Gasteiger partial charge in [-0.2, -0.15) is 0 Å². The minimum atomic E-state index is -3.27. The number of benzene rings is 1. The molecule has 6 heteroatoms. The maximum atomic E-state index is 12.3. The molecule has 0 bridgehead atoms. The van der Waals surface area contributed by atoms with Crippen LogP contribution in [0.25, 0.3) is 6.08 Å². The van der Waals surface area contributed by atoms with Gasteiger partial charge in [0, 0.05) is 17.6 Å². The van der Waals surface area contributed by atoms with Crippen LogP contribution in [-0.2, 0) is 13.6 Å². The smallest absolute Gasteiger partial charge is 0.304 e. The fourth-order valence-corrected chi connectivity index (χ4v) is 2.85. The van der Waals surface area contributed by atoms with E-state index in [1.165, 1.54) is 5.82 Å². The average molecular weight is 309 g/mol. The highest BCUT2D eigenvalue weighted by atomic mass is 35.5. The van der Waals surface area contributed by atoms with Crippen molar-refractivity contribution in [3.8, 4) is 0 Å². The zero-order valence-electron chi connectivity index (χ0n) is 9.80. The molecule has 1 rings (SSSR count). The van der Waals surface area contributed by atoms with Gasteiger partial charge < -0.3 is 9.05 Å². The molecule has 0 radical (unpaired) electrons.